The fourth-order valence-electron chi connectivity index (χ4n) is 1.86. The van der Waals surface area contributed by atoms with E-state index in [0.29, 0.717) is 5.75 Å². The lowest BCUT2D eigenvalue weighted by Crippen LogP contribution is -2.29. The zero-order valence-corrected chi connectivity index (χ0v) is 14.7. The SMILES string of the molecule is COc1ccc(NS(=O)(=O)c2ccc(NC(=O)C(F)(F)F)cc2)cc1Cl. The molecule has 140 valence electrons. The Morgan fingerprint density at radius 2 is 1.65 bits per heavy atom. The number of rotatable bonds is 5. The number of halogens is 4. The van der Waals surface area contributed by atoms with Gasteiger partial charge < -0.3 is 10.1 Å². The predicted octanol–water partition coefficient (Wildman–Crippen LogP) is 3.65. The summed E-state index contributed by atoms with van der Waals surface area (Å²) < 4.78 is 68.4. The van der Waals surface area contributed by atoms with Crippen LogP contribution < -0.4 is 14.8 Å². The Morgan fingerprint density at radius 3 is 2.15 bits per heavy atom. The van der Waals surface area contributed by atoms with Gasteiger partial charge in [0.1, 0.15) is 5.75 Å². The van der Waals surface area contributed by atoms with Crippen molar-refractivity contribution >= 4 is 38.9 Å². The Morgan fingerprint density at radius 1 is 1.08 bits per heavy atom. The smallest absolute Gasteiger partial charge is 0.471 e. The van der Waals surface area contributed by atoms with Crippen molar-refractivity contribution in [2.24, 2.45) is 0 Å². The highest BCUT2D eigenvalue weighted by molar-refractivity contribution is 7.92. The van der Waals surface area contributed by atoms with Crippen LogP contribution in [-0.2, 0) is 14.8 Å². The van der Waals surface area contributed by atoms with Crippen molar-refractivity contribution in [3.8, 4) is 5.75 Å². The molecule has 0 fully saturated rings. The van der Waals surface area contributed by atoms with Gasteiger partial charge >= 0.3 is 12.1 Å². The minimum absolute atomic E-state index is 0.172. The number of benzene rings is 2. The van der Waals surface area contributed by atoms with E-state index in [2.05, 4.69) is 4.72 Å². The summed E-state index contributed by atoms with van der Waals surface area (Å²) in [6, 6.07) is 8.43. The van der Waals surface area contributed by atoms with Gasteiger partial charge in [0.25, 0.3) is 10.0 Å². The number of sulfonamides is 1. The lowest BCUT2D eigenvalue weighted by Gasteiger charge is -2.11. The number of hydrogen-bond acceptors (Lipinski definition) is 4. The van der Waals surface area contributed by atoms with Crippen LogP contribution in [-0.4, -0.2) is 27.6 Å². The van der Waals surface area contributed by atoms with Crippen LogP contribution >= 0.6 is 11.6 Å². The molecule has 0 bridgehead atoms. The van der Waals surface area contributed by atoms with Crippen LogP contribution in [0.2, 0.25) is 5.02 Å². The molecule has 0 saturated heterocycles. The number of alkyl halides is 3. The van der Waals surface area contributed by atoms with Crippen molar-refractivity contribution in [2.45, 2.75) is 11.1 Å². The first-order valence-corrected chi connectivity index (χ1v) is 8.73. The van der Waals surface area contributed by atoms with Gasteiger partial charge in [0.05, 0.1) is 22.7 Å². The van der Waals surface area contributed by atoms with Gasteiger partial charge in [-0.15, -0.1) is 0 Å². The van der Waals surface area contributed by atoms with E-state index < -0.39 is 22.1 Å². The Kier molecular flexibility index (Phi) is 5.67. The van der Waals surface area contributed by atoms with E-state index in [4.69, 9.17) is 16.3 Å². The fraction of sp³-hybridized carbons (Fsp3) is 0.133. The molecule has 2 rings (SSSR count). The number of carbonyl (C=O) groups excluding carboxylic acids is 1. The minimum atomic E-state index is -5.04. The third kappa shape index (κ3) is 4.79. The maximum Gasteiger partial charge on any atom is 0.471 e. The maximum absolute atomic E-state index is 12.3. The normalized spacial score (nSPS) is 11.7. The van der Waals surface area contributed by atoms with Gasteiger partial charge in [0.2, 0.25) is 0 Å². The second-order valence-electron chi connectivity index (χ2n) is 4.93. The molecule has 0 atom stereocenters. The van der Waals surface area contributed by atoms with Gasteiger partial charge in [0, 0.05) is 5.69 Å². The fourth-order valence-corrected chi connectivity index (χ4v) is 3.17. The van der Waals surface area contributed by atoms with Crippen LogP contribution in [0.25, 0.3) is 0 Å². The molecule has 2 aromatic carbocycles. The molecule has 2 N–H and O–H groups in total. The van der Waals surface area contributed by atoms with E-state index in [1.54, 1.807) is 5.32 Å². The van der Waals surface area contributed by atoms with Crippen molar-refractivity contribution in [1.82, 2.24) is 0 Å². The van der Waals surface area contributed by atoms with Crippen molar-refractivity contribution in [1.29, 1.82) is 0 Å². The first kappa shape index (κ1) is 19.9. The molecule has 26 heavy (non-hydrogen) atoms. The molecule has 0 aromatic heterocycles. The Bertz CT molecular complexity index is 915. The van der Waals surface area contributed by atoms with Crippen LogP contribution in [0, 0.1) is 0 Å². The van der Waals surface area contributed by atoms with Crippen molar-refractivity contribution < 1.29 is 31.1 Å². The first-order valence-electron chi connectivity index (χ1n) is 6.87. The third-order valence-electron chi connectivity index (χ3n) is 3.08. The first-order chi connectivity index (χ1) is 12.0. The van der Waals surface area contributed by atoms with Gasteiger partial charge in [0.15, 0.2) is 0 Å². The molecular weight excluding hydrogens is 397 g/mol. The summed E-state index contributed by atoms with van der Waals surface area (Å²) in [5.41, 5.74) is -0.0241. The van der Waals surface area contributed by atoms with Crippen molar-refractivity contribution in [2.75, 3.05) is 17.1 Å². The summed E-state index contributed by atoms with van der Waals surface area (Å²) >= 11 is 5.92. The van der Waals surface area contributed by atoms with E-state index in [0.717, 1.165) is 24.3 Å². The second-order valence-corrected chi connectivity index (χ2v) is 7.02. The lowest BCUT2D eigenvalue weighted by molar-refractivity contribution is -0.167. The molecule has 0 radical (unpaired) electrons. The number of methoxy groups -OCH3 is 1. The summed E-state index contributed by atoms with van der Waals surface area (Å²) in [4.78, 5) is 10.6. The van der Waals surface area contributed by atoms with E-state index in [1.165, 1.54) is 25.3 Å². The summed E-state index contributed by atoms with van der Waals surface area (Å²) in [5.74, 6) is -1.79. The third-order valence-corrected chi connectivity index (χ3v) is 4.78. The Labute approximate surface area is 152 Å². The van der Waals surface area contributed by atoms with Gasteiger partial charge in [-0.2, -0.15) is 13.2 Å². The number of amides is 1. The quantitative estimate of drug-likeness (QED) is 0.791. The van der Waals surface area contributed by atoms with Crippen LogP contribution in [0.3, 0.4) is 0 Å². The molecule has 2 aromatic rings. The molecule has 0 saturated carbocycles. The molecule has 0 unspecified atom stereocenters. The summed E-state index contributed by atoms with van der Waals surface area (Å²) in [5, 5.41) is 1.81. The molecule has 0 aliphatic carbocycles. The van der Waals surface area contributed by atoms with E-state index in [9.17, 15) is 26.4 Å². The van der Waals surface area contributed by atoms with E-state index >= 15 is 0 Å². The number of anilines is 2. The van der Waals surface area contributed by atoms with Crippen LogP contribution in [0.1, 0.15) is 0 Å². The highest BCUT2D eigenvalue weighted by Gasteiger charge is 2.38. The topological polar surface area (TPSA) is 84.5 Å². The highest BCUT2D eigenvalue weighted by Crippen LogP contribution is 2.28. The molecular formula is C15H12ClF3N2O4S. The second kappa shape index (κ2) is 7.42. The highest BCUT2D eigenvalue weighted by atomic mass is 35.5. The predicted molar refractivity (Wildman–Crippen MR) is 89.9 cm³/mol. The molecule has 0 aliphatic rings. The molecule has 0 spiro atoms. The van der Waals surface area contributed by atoms with Crippen LogP contribution in [0.15, 0.2) is 47.4 Å². The Hall–Kier alpha value is -2.46. The van der Waals surface area contributed by atoms with Gasteiger partial charge in [-0.05, 0) is 42.5 Å². The summed E-state index contributed by atoms with van der Waals surface area (Å²) in [6.45, 7) is 0. The molecule has 11 heteroatoms. The summed E-state index contributed by atoms with van der Waals surface area (Å²) in [6.07, 6.45) is -5.04. The number of carbonyl (C=O) groups is 1. The van der Waals surface area contributed by atoms with Crippen molar-refractivity contribution in [3.05, 3.63) is 47.5 Å². The molecule has 6 nitrogen and oxygen atoms in total. The van der Waals surface area contributed by atoms with Crippen LogP contribution in [0.4, 0.5) is 24.5 Å². The zero-order valence-electron chi connectivity index (χ0n) is 13.1. The Balaban J connectivity index is 2.16. The monoisotopic (exact) mass is 408 g/mol. The van der Waals surface area contributed by atoms with Gasteiger partial charge in [-0.1, -0.05) is 11.6 Å². The standard InChI is InChI=1S/C15H12ClF3N2O4S/c1-25-13-7-4-10(8-12(13)16)21-26(23,24)11-5-2-9(3-6-11)20-14(22)15(17,18)19/h2-8,21H,1H3,(H,20,22). The van der Waals surface area contributed by atoms with Gasteiger partial charge in [-0.25, -0.2) is 8.42 Å². The largest absolute Gasteiger partial charge is 0.495 e. The van der Waals surface area contributed by atoms with E-state index in [1.807, 2.05) is 0 Å². The maximum atomic E-state index is 12.3. The molecule has 0 aliphatic heterocycles. The number of hydrogen-bond donors (Lipinski definition) is 2. The minimum Gasteiger partial charge on any atom is -0.495 e. The van der Waals surface area contributed by atoms with Crippen molar-refractivity contribution in [3.63, 3.8) is 0 Å². The van der Waals surface area contributed by atoms with E-state index in [-0.39, 0.29) is 21.3 Å². The molecule has 1 amide bonds. The average molecular weight is 409 g/mol. The zero-order chi connectivity index (χ0) is 19.5. The average Bonchev–Trinajstić information content (AvgIpc) is 2.54. The number of ether oxygens (including phenoxy) is 1. The summed E-state index contributed by atoms with van der Waals surface area (Å²) in [7, 11) is -2.60. The lowest BCUT2D eigenvalue weighted by atomic mass is 10.3. The number of nitrogens with one attached hydrogen (secondary N) is 2. The molecule has 0 heterocycles. The van der Waals surface area contributed by atoms with Crippen LogP contribution in [0.5, 0.6) is 5.75 Å². The van der Waals surface area contributed by atoms with Gasteiger partial charge in [-0.3, -0.25) is 9.52 Å².